The van der Waals surface area contributed by atoms with Crippen molar-refractivity contribution in [1.29, 1.82) is 0 Å². The summed E-state index contributed by atoms with van der Waals surface area (Å²) in [5.41, 5.74) is 1.29. The molecule has 112 valence electrons. The number of piperidine rings is 1. The van der Waals surface area contributed by atoms with Crippen molar-refractivity contribution in [2.45, 2.75) is 31.2 Å². The van der Waals surface area contributed by atoms with E-state index in [-0.39, 0.29) is 23.1 Å². The summed E-state index contributed by atoms with van der Waals surface area (Å²) in [6.07, 6.45) is 1.60. The van der Waals surface area contributed by atoms with E-state index >= 15 is 0 Å². The van der Waals surface area contributed by atoms with Crippen LogP contribution in [-0.2, 0) is 4.79 Å². The number of nitrogens with one attached hydrogen (secondary N) is 1. The van der Waals surface area contributed by atoms with E-state index in [4.69, 9.17) is 11.6 Å². The van der Waals surface area contributed by atoms with E-state index < -0.39 is 0 Å². The molecule has 7 heteroatoms. The van der Waals surface area contributed by atoms with Gasteiger partial charge in [-0.05, 0) is 48.4 Å². The first kappa shape index (κ1) is 15.0. The van der Waals surface area contributed by atoms with Gasteiger partial charge in [-0.15, -0.1) is 11.6 Å². The minimum atomic E-state index is -0.376. The second kappa shape index (κ2) is 5.72. The van der Waals surface area contributed by atoms with Gasteiger partial charge in [0.15, 0.2) is 0 Å². The molecule has 21 heavy (non-hydrogen) atoms. The topological polar surface area (TPSA) is 46.9 Å². The van der Waals surface area contributed by atoms with Crippen LogP contribution in [0.15, 0.2) is 12.1 Å². The number of nitrogens with zero attached hydrogens (tertiary/aromatic N) is 2. The number of amides is 1. The normalized spacial score (nSPS) is 20.6. The van der Waals surface area contributed by atoms with Gasteiger partial charge in [0.2, 0.25) is 5.91 Å². The highest BCUT2D eigenvalue weighted by atomic mass is 127. The molecule has 1 aliphatic rings. The molecular weight excluding hydrogens is 408 g/mol. The zero-order valence-electron chi connectivity index (χ0n) is 11.4. The summed E-state index contributed by atoms with van der Waals surface area (Å²) >= 11 is 8.15. The van der Waals surface area contributed by atoms with Crippen LogP contribution in [-0.4, -0.2) is 22.0 Å². The Balaban J connectivity index is 2.24. The Kier molecular flexibility index (Phi) is 4.09. The summed E-state index contributed by atoms with van der Waals surface area (Å²) in [4.78, 5) is 16.7. The Bertz CT molecular complexity index is 716. The molecule has 1 amide bonds. The number of carbonyl (C=O) groups excluding carboxylic acids is 1. The van der Waals surface area contributed by atoms with Gasteiger partial charge >= 0.3 is 0 Å². The van der Waals surface area contributed by atoms with Crippen molar-refractivity contribution in [3.8, 4) is 0 Å². The summed E-state index contributed by atoms with van der Waals surface area (Å²) in [7, 11) is 0. The Labute approximate surface area is 140 Å². The molecule has 1 saturated heterocycles. The van der Waals surface area contributed by atoms with Gasteiger partial charge < -0.3 is 9.88 Å². The van der Waals surface area contributed by atoms with Crippen LogP contribution >= 0.6 is 34.2 Å². The lowest BCUT2D eigenvalue weighted by molar-refractivity contribution is -0.125. The number of fused-ring (bicyclic) bond motifs is 1. The predicted molar refractivity (Wildman–Crippen MR) is 88.0 cm³/mol. The maximum atomic E-state index is 13.9. The van der Waals surface area contributed by atoms with E-state index in [2.05, 4.69) is 10.3 Å². The smallest absolute Gasteiger partial charge is 0.243 e. The van der Waals surface area contributed by atoms with Crippen LogP contribution in [0.1, 0.15) is 37.0 Å². The Morgan fingerprint density at radius 2 is 2.33 bits per heavy atom. The number of benzene rings is 1. The minimum Gasteiger partial charge on any atom is -0.354 e. The van der Waals surface area contributed by atoms with Gasteiger partial charge in [0.05, 0.1) is 20.0 Å². The fraction of sp³-hybridized carbons (Fsp3) is 0.429. The number of rotatable bonds is 2. The molecular formula is C14H14ClFIN3O. The van der Waals surface area contributed by atoms with E-state index in [0.717, 1.165) is 6.42 Å². The molecule has 4 nitrogen and oxygen atoms in total. The standard InChI is InChI=1S/C14H14ClFIN3O/c1-7(15)13-19-10-6-9(17)8(16)5-12(10)20(13)11-3-2-4-18-14(11)21/h5-7,11H,2-4H2,1H3,(H,18,21). The van der Waals surface area contributed by atoms with Crippen LogP contribution in [0, 0.1) is 9.39 Å². The largest absolute Gasteiger partial charge is 0.354 e. The maximum Gasteiger partial charge on any atom is 0.243 e. The van der Waals surface area contributed by atoms with E-state index in [1.807, 2.05) is 22.6 Å². The molecule has 1 N–H and O–H groups in total. The van der Waals surface area contributed by atoms with E-state index in [0.29, 0.717) is 33.4 Å². The fourth-order valence-corrected chi connectivity index (χ4v) is 3.32. The first-order valence-electron chi connectivity index (χ1n) is 6.77. The Morgan fingerprint density at radius 3 is 3.00 bits per heavy atom. The van der Waals surface area contributed by atoms with Crippen LogP contribution in [0.25, 0.3) is 11.0 Å². The first-order valence-corrected chi connectivity index (χ1v) is 8.29. The molecule has 3 rings (SSSR count). The van der Waals surface area contributed by atoms with Crippen LogP contribution in [0.5, 0.6) is 0 Å². The van der Waals surface area contributed by atoms with Crippen LogP contribution in [0.2, 0.25) is 0 Å². The Morgan fingerprint density at radius 1 is 1.57 bits per heavy atom. The van der Waals surface area contributed by atoms with E-state index in [9.17, 15) is 9.18 Å². The minimum absolute atomic E-state index is 0.0573. The second-order valence-corrected chi connectivity index (χ2v) is 6.98. The molecule has 1 aromatic carbocycles. The van der Waals surface area contributed by atoms with Gasteiger partial charge in [-0.25, -0.2) is 9.37 Å². The highest BCUT2D eigenvalue weighted by Crippen LogP contribution is 2.32. The average molecular weight is 422 g/mol. The number of hydrogen-bond acceptors (Lipinski definition) is 2. The summed E-state index contributed by atoms with van der Waals surface area (Å²) in [5.74, 6) is 0.238. The third-order valence-corrected chi connectivity index (χ3v) is 4.70. The number of hydrogen-bond donors (Lipinski definition) is 1. The van der Waals surface area contributed by atoms with Crippen LogP contribution < -0.4 is 5.32 Å². The van der Waals surface area contributed by atoms with Gasteiger partial charge in [-0.3, -0.25) is 4.79 Å². The summed E-state index contributed by atoms with van der Waals surface area (Å²) in [6.45, 7) is 2.49. The molecule has 0 bridgehead atoms. The van der Waals surface area contributed by atoms with Gasteiger partial charge in [-0.2, -0.15) is 0 Å². The maximum absolute atomic E-state index is 13.9. The number of aromatic nitrogens is 2. The molecule has 2 atom stereocenters. The molecule has 0 aliphatic carbocycles. The van der Waals surface area contributed by atoms with Crippen molar-refractivity contribution in [1.82, 2.24) is 14.9 Å². The second-order valence-electron chi connectivity index (χ2n) is 5.16. The van der Waals surface area contributed by atoms with Crippen molar-refractivity contribution >= 4 is 51.1 Å². The Hall–Kier alpha value is -0.890. The number of alkyl halides is 1. The van der Waals surface area contributed by atoms with Crippen molar-refractivity contribution < 1.29 is 9.18 Å². The van der Waals surface area contributed by atoms with Crippen molar-refractivity contribution in [3.05, 3.63) is 27.3 Å². The highest BCUT2D eigenvalue weighted by Gasteiger charge is 2.29. The van der Waals surface area contributed by atoms with E-state index in [1.165, 1.54) is 6.07 Å². The quantitative estimate of drug-likeness (QED) is 0.596. The summed E-state index contributed by atoms with van der Waals surface area (Å²) < 4.78 is 16.2. The zero-order chi connectivity index (χ0) is 15.1. The lowest BCUT2D eigenvalue weighted by Crippen LogP contribution is -2.38. The van der Waals surface area contributed by atoms with Gasteiger partial charge in [0, 0.05) is 12.6 Å². The number of imidazole rings is 1. The molecule has 0 saturated carbocycles. The summed E-state index contributed by atoms with van der Waals surface area (Å²) in [6, 6.07) is 2.75. The molecule has 2 unspecified atom stereocenters. The van der Waals surface area contributed by atoms with Crippen molar-refractivity contribution in [2.75, 3.05) is 6.54 Å². The molecule has 1 aromatic heterocycles. The molecule has 1 aliphatic heterocycles. The predicted octanol–water partition coefficient (Wildman–Crippen LogP) is 3.53. The number of halogens is 3. The number of carbonyl (C=O) groups is 1. The highest BCUT2D eigenvalue weighted by molar-refractivity contribution is 14.1. The van der Waals surface area contributed by atoms with Crippen LogP contribution in [0.4, 0.5) is 4.39 Å². The SMILES string of the molecule is CC(Cl)c1nc2cc(I)c(F)cc2n1C1CCCNC1=O. The monoisotopic (exact) mass is 421 g/mol. The summed E-state index contributed by atoms with van der Waals surface area (Å²) in [5, 5.41) is 2.50. The molecule has 2 aromatic rings. The fourth-order valence-electron chi connectivity index (χ4n) is 2.72. The lowest BCUT2D eigenvalue weighted by Gasteiger charge is -2.25. The van der Waals surface area contributed by atoms with Crippen molar-refractivity contribution in [3.63, 3.8) is 0 Å². The van der Waals surface area contributed by atoms with Crippen molar-refractivity contribution in [2.24, 2.45) is 0 Å². The molecule has 0 spiro atoms. The average Bonchev–Trinajstić information content (AvgIpc) is 2.78. The molecule has 2 heterocycles. The molecule has 1 fully saturated rings. The zero-order valence-corrected chi connectivity index (χ0v) is 14.3. The van der Waals surface area contributed by atoms with Gasteiger partial charge in [0.1, 0.15) is 17.7 Å². The van der Waals surface area contributed by atoms with E-state index in [1.54, 1.807) is 17.6 Å². The van der Waals surface area contributed by atoms with Crippen LogP contribution in [0.3, 0.4) is 0 Å². The third-order valence-electron chi connectivity index (χ3n) is 3.68. The third kappa shape index (κ3) is 2.63. The van der Waals surface area contributed by atoms with Gasteiger partial charge in [0.25, 0.3) is 0 Å². The first-order chi connectivity index (χ1) is 9.99. The molecule has 0 radical (unpaired) electrons. The van der Waals surface area contributed by atoms with Gasteiger partial charge in [-0.1, -0.05) is 0 Å². The lowest BCUT2D eigenvalue weighted by atomic mass is 10.1.